The van der Waals surface area contributed by atoms with Crippen LogP contribution in [0.5, 0.6) is 11.5 Å². The Morgan fingerprint density at radius 1 is 1.22 bits per heavy atom. The molecular weight excluding hydrogens is 300 g/mol. The lowest BCUT2D eigenvalue weighted by atomic mass is 10.2. The molecule has 0 spiro atoms. The molecule has 0 bridgehead atoms. The van der Waals surface area contributed by atoms with Gasteiger partial charge in [-0.3, -0.25) is 0 Å². The Hall–Kier alpha value is -1.63. The van der Waals surface area contributed by atoms with Gasteiger partial charge in [-0.1, -0.05) is 15.9 Å². The maximum Gasteiger partial charge on any atom is 0.162 e. The first-order valence-electron chi connectivity index (χ1n) is 5.62. The normalized spacial score (nSPS) is 14.3. The Morgan fingerprint density at radius 2 is 2.00 bits per heavy atom. The molecule has 18 heavy (non-hydrogen) atoms. The van der Waals surface area contributed by atoms with Gasteiger partial charge in [0.25, 0.3) is 0 Å². The molecule has 0 saturated carbocycles. The molecule has 0 unspecified atom stereocenters. The summed E-state index contributed by atoms with van der Waals surface area (Å²) in [6.45, 7) is 1.95. The van der Waals surface area contributed by atoms with Crippen molar-refractivity contribution in [3.8, 4) is 11.5 Å². The summed E-state index contributed by atoms with van der Waals surface area (Å²) in [6, 6.07) is 3.90. The third kappa shape index (κ3) is 2.31. The summed E-state index contributed by atoms with van der Waals surface area (Å²) < 4.78 is 13.9. The standard InChI is InChI=1S/C11H11BrN4O2/c12-9-5-11-10(17-2-1-3-18-11)4-8(9)6-16-7-13-14-15-16/h4-5,7H,1-3,6H2. The minimum atomic E-state index is 0.588. The first-order chi connectivity index (χ1) is 8.83. The first-order valence-corrected chi connectivity index (χ1v) is 6.41. The maximum atomic E-state index is 5.66. The van der Waals surface area contributed by atoms with Gasteiger partial charge in [0.1, 0.15) is 6.33 Å². The number of hydrogen-bond donors (Lipinski definition) is 0. The van der Waals surface area contributed by atoms with Crippen molar-refractivity contribution >= 4 is 15.9 Å². The van der Waals surface area contributed by atoms with Crippen LogP contribution in [-0.4, -0.2) is 33.4 Å². The van der Waals surface area contributed by atoms with Gasteiger partial charge < -0.3 is 9.47 Å². The Labute approximate surface area is 112 Å². The average Bonchev–Trinajstić information content (AvgIpc) is 2.76. The van der Waals surface area contributed by atoms with E-state index >= 15 is 0 Å². The van der Waals surface area contributed by atoms with Gasteiger partial charge in [-0.05, 0) is 28.1 Å². The average molecular weight is 311 g/mol. The molecular formula is C11H11BrN4O2. The van der Waals surface area contributed by atoms with Gasteiger partial charge >= 0.3 is 0 Å². The van der Waals surface area contributed by atoms with Gasteiger partial charge in [-0.15, -0.1) is 5.10 Å². The lowest BCUT2D eigenvalue weighted by Crippen LogP contribution is -2.02. The van der Waals surface area contributed by atoms with Crippen LogP contribution >= 0.6 is 15.9 Å². The lowest BCUT2D eigenvalue weighted by Gasteiger charge is -2.11. The number of aromatic nitrogens is 4. The predicted molar refractivity (Wildman–Crippen MR) is 66.7 cm³/mol. The van der Waals surface area contributed by atoms with Crippen LogP contribution in [0.2, 0.25) is 0 Å². The fourth-order valence-corrected chi connectivity index (χ4v) is 2.22. The molecule has 1 aromatic carbocycles. The summed E-state index contributed by atoms with van der Waals surface area (Å²) in [7, 11) is 0. The second kappa shape index (κ2) is 4.93. The Balaban J connectivity index is 1.93. The monoisotopic (exact) mass is 310 g/mol. The second-order valence-electron chi connectivity index (χ2n) is 3.95. The molecule has 1 aliphatic heterocycles. The molecule has 2 aromatic rings. The van der Waals surface area contributed by atoms with Crippen molar-refractivity contribution < 1.29 is 9.47 Å². The van der Waals surface area contributed by atoms with E-state index in [0.717, 1.165) is 28.0 Å². The summed E-state index contributed by atoms with van der Waals surface area (Å²) in [6.07, 6.45) is 2.48. The number of ether oxygens (including phenoxy) is 2. The number of nitrogens with zero attached hydrogens (tertiary/aromatic N) is 4. The minimum Gasteiger partial charge on any atom is -0.490 e. The fourth-order valence-electron chi connectivity index (χ4n) is 1.77. The minimum absolute atomic E-state index is 0.588. The van der Waals surface area contributed by atoms with E-state index in [1.165, 1.54) is 0 Å². The van der Waals surface area contributed by atoms with Crippen LogP contribution in [0, 0.1) is 0 Å². The van der Waals surface area contributed by atoms with E-state index in [4.69, 9.17) is 9.47 Å². The van der Waals surface area contributed by atoms with Gasteiger partial charge in [0.2, 0.25) is 0 Å². The van der Waals surface area contributed by atoms with Crippen molar-refractivity contribution in [2.75, 3.05) is 13.2 Å². The largest absolute Gasteiger partial charge is 0.490 e. The van der Waals surface area contributed by atoms with Crippen molar-refractivity contribution in [2.24, 2.45) is 0 Å². The van der Waals surface area contributed by atoms with E-state index in [-0.39, 0.29) is 0 Å². The Morgan fingerprint density at radius 3 is 2.72 bits per heavy atom. The zero-order valence-corrected chi connectivity index (χ0v) is 11.1. The van der Waals surface area contributed by atoms with Crippen LogP contribution in [-0.2, 0) is 6.54 Å². The summed E-state index contributed by atoms with van der Waals surface area (Å²) in [5.41, 5.74) is 1.05. The third-order valence-electron chi connectivity index (χ3n) is 2.64. The van der Waals surface area contributed by atoms with E-state index in [9.17, 15) is 0 Å². The molecule has 0 aliphatic carbocycles. The van der Waals surface area contributed by atoms with Crippen LogP contribution < -0.4 is 9.47 Å². The highest BCUT2D eigenvalue weighted by molar-refractivity contribution is 9.10. The van der Waals surface area contributed by atoms with Crippen molar-refractivity contribution in [2.45, 2.75) is 13.0 Å². The summed E-state index contributed by atoms with van der Waals surface area (Å²) >= 11 is 3.53. The molecule has 1 aromatic heterocycles. The van der Waals surface area contributed by atoms with Crippen LogP contribution in [0.25, 0.3) is 0 Å². The summed E-state index contributed by atoms with van der Waals surface area (Å²) in [5, 5.41) is 11.1. The zero-order chi connectivity index (χ0) is 12.4. The van der Waals surface area contributed by atoms with Gasteiger partial charge in [0, 0.05) is 10.9 Å². The van der Waals surface area contributed by atoms with Gasteiger partial charge in [-0.2, -0.15) is 0 Å². The second-order valence-corrected chi connectivity index (χ2v) is 4.80. The molecule has 6 nitrogen and oxygen atoms in total. The molecule has 0 saturated heterocycles. The number of benzene rings is 1. The molecule has 0 fully saturated rings. The van der Waals surface area contributed by atoms with E-state index in [1.54, 1.807) is 11.0 Å². The van der Waals surface area contributed by atoms with Gasteiger partial charge in [0.15, 0.2) is 11.5 Å². The van der Waals surface area contributed by atoms with Gasteiger partial charge in [-0.25, -0.2) is 4.68 Å². The number of fused-ring (bicyclic) bond motifs is 1. The molecule has 1 aliphatic rings. The highest BCUT2D eigenvalue weighted by atomic mass is 79.9. The lowest BCUT2D eigenvalue weighted by molar-refractivity contribution is 0.297. The number of halogens is 1. The zero-order valence-electron chi connectivity index (χ0n) is 9.54. The summed E-state index contributed by atoms with van der Waals surface area (Å²) in [4.78, 5) is 0. The highest BCUT2D eigenvalue weighted by Crippen LogP contribution is 2.35. The van der Waals surface area contributed by atoms with E-state index < -0.39 is 0 Å². The van der Waals surface area contributed by atoms with Crippen molar-refractivity contribution in [3.63, 3.8) is 0 Å². The van der Waals surface area contributed by atoms with E-state index in [0.29, 0.717) is 19.8 Å². The number of rotatable bonds is 2. The van der Waals surface area contributed by atoms with Crippen molar-refractivity contribution in [1.29, 1.82) is 0 Å². The molecule has 0 amide bonds. The Kier molecular flexibility index (Phi) is 3.14. The first kappa shape index (κ1) is 11.5. The topological polar surface area (TPSA) is 62.1 Å². The SMILES string of the molecule is Brc1cc2c(cc1Cn1cnnn1)OCCCO2. The number of hydrogen-bond acceptors (Lipinski definition) is 5. The smallest absolute Gasteiger partial charge is 0.162 e. The number of tetrazole rings is 1. The van der Waals surface area contributed by atoms with Gasteiger partial charge in [0.05, 0.1) is 19.8 Å². The molecule has 0 radical (unpaired) electrons. The Bertz CT molecular complexity index is 544. The van der Waals surface area contributed by atoms with Crippen LogP contribution in [0.1, 0.15) is 12.0 Å². The van der Waals surface area contributed by atoms with Crippen LogP contribution in [0.4, 0.5) is 0 Å². The van der Waals surface area contributed by atoms with E-state index in [1.807, 2.05) is 12.1 Å². The fraction of sp³-hybridized carbons (Fsp3) is 0.364. The summed E-state index contributed by atoms with van der Waals surface area (Å²) in [5.74, 6) is 1.55. The third-order valence-corrected chi connectivity index (χ3v) is 3.38. The van der Waals surface area contributed by atoms with Crippen molar-refractivity contribution in [1.82, 2.24) is 20.2 Å². The molecule has 7 heteroatoms. The predicted octanol–water partition coefficient (Wildman–Crippen LogP) is 1.65. The molecule has 2 heterocycles. The highest BCUT2D eigenvalue weighted by Gasteiger charge is 2.14. The quantitative estimate of drug-likeness (QED) is 0.844. The molecule has 0 atom stereocenters. The molecule has 3 rings (SSSR count). The molecule has 94 valence electrons. The maximum absolute atomic E-state index is 5.66. The van der Waals surface area contributed by atoms with Crippen LogP contribution in [0.15, 0.2) is 22.9 Å². The van der Waals surface area contributed by atoms with E-state index in [2.05, 4.69) is 31.5 Å². The molecule has 0 N–H and O–H groups in total. The van der Waals surface area contributed by atoms with Crippen molar-refractivity contribution in [3.05, 3.63) is 28.5 Å². The van der Waals surface area contributed by atoms with Crippen LogP contribution in [0.3, 0.4) is 0 Å².